The van der Waals surface area contributed by atoms with Crippen LogP contribution in [-0.4, -0.2) is 34.5 Å². The van der Waals surface area contributed by atoms with Crippen LogP contribution in [0.15, 0.2) is 24.3 Å². The van der Waals surface area contributed by atoms with E-state index in [0.717, 1.165) is 10.9 Å². The van der Waals surface area contributed by atoms with Crippen molar-refractivity contribution in [3.05, 3.63) is 30.0 Å². The monoisotopic (exact) mass is 310 g/mol. The standard InChI is InChI=1S/C14H18N2O4S/c1-9(2)13(14(17)18)21(19,20)8-11-10-6-4-5-7-12(10)16(3)15-11/h4-7,9,13H,8H2,1-3H3,(H,17,18). The highest BCUT2D eigenvalue weighted by Crippen LogP contribution is 2.23. The van der Waals surface area contributed by atoms with E-state index in [-0.39, 0.29) is 5.75 Å². The predicted octanol–water partition coefficient (Wildman–Crippen LogP) is 1.60. The molecule has 0 bridgehead atoms. The molecular weight excluding hydrogens is 292 g/mol. The number of para-hydroxylation sites is 1. The third-order valence-electron chi connectivity index (χ3n) is 3.41. The average Bonchev–Trinajstić information content (AvgIpc) is 2.64. The maximum absolute atomic E-state index is 12.4. The van der Waals surface area contributed by atoms with Crippen LogP contribution in [0.3, 0.4) is 0 Å². The molecule has 0 radical (unpaired) electrons. The minimum Gasteiger partial charge on any atom is -0.480 e. The molecule has 1 atom stereocenters. The van der Waals surface area contributed by atoms with E-state index >= 15 is 0 Å². The number of carboxylic acids is 1. The molecule has 1 unspecified atom stereocenters. The van der Waals surface area contributed by atoms with Crippen molar-refractivity contribution in [3.8, 4) is 0 Å². The van der Waals surface area contributed by atoms with Crippen molar-refractivity contribution < 1.29 is 18.3 Å². The fourth-order valence-electron chi connectivity index (χ4n) is 2.53. The van der Waals surface area contributed by atoms with E-state index in [1.807, 2.05) is 12.1 Å². The van der Waals surface area contributed by atoms with E-state index in [0.29, 0.717) is 5.69 Å². The molecule has 0 aliphatic heterocycles. The maximum atomic E-state index is 12.4. The van der Waals surface area contributed by atoms with Gasteiger partial charge in [0.05, 0.1) is 17.0 Å². The molecule has 0 saturated heterocycles. The Morgan fingerprint density at radius 3 is 2.52 bits per heavy atom. The maximum Gasteiger partial charge on any atom is 0.322 e. The SMILES string of the molecule is CC(C)C(C(=O)O)S(=O)(=O)Cc1nn(C)c2ccccc12. The zero-order valence-corrected chi connectivity index (χ0v) is 13.0. The van der Waals surface area contributed by atoms with Crippen LogP contribution >= 0.6 is 0 Å². The Kier molecular flexibility index (Phi) is 4.04. The summed E-state index contributed by atoms with van der Waals surface area (Å²) in [5.74, 6) is -2.18. The normalized spacial score (nSPS) is 13.7. The van der Waals surface area contributed by atoms with Gasteiger partial charge in [0.1, 0.15) is 0 Å². The highest BCUT2D eigenvalue weighted by molar-refractivity contribution is 7.92. The third-order valence-corrected chi connectivity index (χ3v) is 5.60. The van der Waals surface area contributed by atoms with Gasteiger partial charge in [0, 0.05) is 12.4 Å². The molecule has 1 aromatic carbocycles. The van der Waals surface area contributed by atoms with Crippen LogP contribution < -0.4 is 0 Å². The Hall–Kier alpha value is -1.89. The summed E-state index contributed by atoms with van der Waals surface area (Å²) in [6.07, 6.45) is 0. The molecule has 6 nitrogen and oxygen atoms in total. The fraction of sp³-hybridized carbons (Fsp3) is 0.429. The largest absolute Gasteiger partial charge is 0.480 e. The summed E-state index contributed by atoms with van der Waals surface area (Å²) < 4.78 is 26.4. The van der Waals surface area contributed by atoms with Crippen molar-refractivity contribution in [2.24, 2.45) is 13.0 Å². The van der Waals surface area contributed by atoms with E-state index in [9.17, 15) is 18.3 Å². The topological polar surface area (TPSA) is 89.3 Å². The lowest BCUT2D eigenvalue weighted by Crippen LogP contribution is -2.35. The number of fused-ring (bicyclic) bond motifs is 1. The van der Waals surface area contributed by atoms with Gasteiger partial charge in [-0.3, -0.25) is 9.48 Å². The first-order chi connectivity index (χ1) is 9.74. The first kappa shape index (κ1) is 15.5. The molecule has 0 fully saturated rings. The lowest BCUT2D eigenvalue weighted by atomic mass is 10.1. The summed E-state index contributed by atoms with van der Waals surface area (Å²) in [6, 6.07) is 7.28. The summed E-state index contributed by atoms with van der Waals surface area (Å²) in [5, 5.41) is 12.7. The molecule has 2 rings (SSSR count). The number of aliphatic carboxylic acids is 1. The van der Waals surface area contributed by atoms with Gasteiger partial charge < -0.3 is 5.11 Å². The second-order valence-corrected chi connectivity index (χ2v) is 7.52. The molecule has 21 heavy (non-hydrogen) atoms. The molecule has 2 aromatic rings. The Labute approximate surface area is 123 Å². The van der Waals surface area contributed by atoms with E-state index in [4.69, 9.17) is 0 Å². The molecule has 0 saturated carbocycles. The van der Waals surface area contributed by atoms with Crippen molar-refractivity contribution in [2.45, 2.75) is 24.9 Å². The second-order valence-electron chi connectivity index (χ2n) is 5.40. The molecule has 7 heteroatoms. The van der Waals surface area contributed by atoms with E-state index in [2.05, 4.69) is 5.10 Å². The number of benzene rings is 1. The lowest BCUT2D eigenvalue weighted by Gasteiger charge is -2.16. The van der Waals surface area contributed by atoms with Crippen molar-refractivity contribution in [2.75, 3.05) is 0 Å². The van der Waals surface area contributed by atoms with Crippen molar-refractivity contribution in [3.63, 3.8) is 0 Å². The first-order valence-corrected chi connectivity index (χ1v) is 8.30. The van der Waals surface area contributed by atoms with Crippen LogP contribution in [0.25, 0.3) is 10.9 Å². The Balaban J connectivity index is 2.46. The van der Waals surface area contributed by atoms with Crippen LogP contribution in [0.5, 0.6) is 0 Å². The number of carbonyl (C=O) groups is 1. The number of aryl methyl sites for hydroxylation is 1. The number of hydrogen-bond donors (Lipinski definition) is 1. The number of rotatable bonds is 5. The van der Waals surface area contributed by atoms with Gasteiger partial charge in [0.25, 0.3) is 0 Å². The Morgan fingerprint density at radius 1 is 1.33 bits per heavy atom. The molecule has 0 aliphatic carbocycles. The van der Waals surface area contributed by atoms with Crippen molar-refractivity contribution >= 4 is 26.7 Å². The highest BCUT2D eigenvalue weighted by Gasteiger charge is 2.36. The van der Waals surface area contributed by atoms with E-state index in [1.54, 1.807) is 37.7 Å². The number of sulfone groups is 1. The molecule has 114 valence electrons. The zero-order chi connectivity index (χ0) is 15.8. The number of carboxylic acid groups (broad SMARTS) is 1. The second kappa shape index (κ2) is 5.48. The Morgan fingerprint density at radius 2 is 1.95 bits per heavy atom. The number of hydrogen-bond acceptors (Lipinski definition) is 4. The summed E-state index contributed by atoms with van der Waals surface area (Å²) in [7, 11) is -2.10. The Bertz CT molecular complexity index is 777. The van der Waals surface area contributed by atoms with Gasteiger partial charge in [-0.15, -0.1) is 0 Å². The van der Waals surface area contributed by atoms with Crippen molar-refractivity contribution in [1.29, 1.82) is 0 Å². The quantitative estimate of drug-likeness (QED) is 0.906. The summed E-state index contributed by atoms with van der Waals surface area (Å²) >= 11 is 0. The molecular formula is C14H18N2O4S. The molecule has 0 spiro atoms. The molecule has 1 N–H and O–H groups in total. The average molecular weight is 310 g/mol. The molecule has 1 aromatic heterocycles. The smallest absolute Gasteiger partial charge is 0.322 e. The van der Waals surface area contributed by atoms with Crippen LogP contribution in [0.1, 0.15) is 19.5 Å². The van der Waals surface area contributed by atoms with Gasteiger partial charge in [-0.1, -0.05) is 32.0 Å². The highest BCUT2D eigenvalue weighted by atomic mass is 32.2. The van der Waals surface area contributed by atoms with Gasteiger partial charge in [-0.25, -0.2) is 8.42 Å². The molecule has 0 aliphatic rings. The number of nitrogens with zero attached hydrogens (tertiary/aromatic N) is 2. The third kappa shape index (κ3) is 2.92. The van der Waals surface area contributed by atoms with Gasteiger partial charge in [-0.05, 0) is 12.0 Å². The predicted molar refractivity (Wildman–Crippen MR) is 79.6 cm³/mol. The van der Waals surface area contributed by atoms with Gasteiger partial charge in [-0.2, -0.15) is 5.10 Å². The van der Waals surface area contributed by atoms with Gasteiger partial charge >= 0.3 is 5.97 Å². The van der Waals surface area contributed by atoms with Gasteiger partial charge in [0.15, 0.2) is 15.1 Å². The fourth-order valence-corrected chi connectivity index (χ4v) is 4.44. The lowest BCUT2D eigenvalue weighted by molar-refractivity contribution is -0.137. The van der Waals surface area contributed by atoms with Crippen LogP contribution in [0.2, 0.25) is 0 Å². The summed E-state index contributed by atoms with van der Waals surface area (Å²) in [5.41, 5.74) is 1.21. The van der Waals surface area contributed by atoms with E-state index < -0.39 is 27.0 Å². The van der Waals surface area contributed by atoms with Crippen molar-refractivity contribution in [1.82, 2.24) is 9.78 Å². The molecule has 0 amide bonds. The number of aromatic nitrogens is 2. The molecule has 1 heterocycles. The summed E-state index contributed by atoms with van der Waals surface area (Å²) in [4.78, 5) is 11.2. The van der Waals surface area contributed by atoms with Crippen LogP contribution in [0.4, 0.5) is 0 Å². The van der Waals surface area contributed by atoms with E-state index in [1.165, 1.54) is 0 Å². The summed E-state index contributed by atoms with van der Waals surface area (Å²) in [6.45, 7) is 3.18. The minimum atomic E-state index is -3.83. The minimum absolute atomic E-state index is 0.372. The van der Waals surface area contributed by atoms with Crippen LogP contribution in [0, 0.1) is 5.92 Å². The first-order valence-electron chi connectivity index (χ1n) is 6.59. The zero-order valence-electron chi connectivity index (χ0n) is 12.1. The van der Waals surface area contributed by atoms with Crippen LogP contribution in [-0.2, 0) is 27.4 Å². The van der Waals surface area contributed by atoms with Gasteiger partial charge in [0.2, 0.25) is 0 Å².